The van der Waals surface area contributed by atoms with Gasteiger partial charge in [0, 0.05) is 48.9 Å². The molecule has 4 heteroatoms. The van der Waals surface area contributed by atoms with E-state index in [9.17, 15) is 0 Å². The van der Waals surface area contributed by atoms with Crippen LogP contribution in [0.4, 0.5) is 0 Å². The molecule has 5 aromatic carbocycles. The second-order valence-electron chi connectivity index (χ2n) is 10.0. The van der Waals surface area contributed by atoms with Gasteiger partial charge in [0.1, 0.15) is 5.65 Å². The minimum absolute atomic E-state index is 0.983. The Morgan fingerprint density at radius 2 is 1.15 bits per heavy atom. The lowest BCUT2D eigenvalue weighted by Crippen LogP contribution is -1.96. The number of fused-ring (bicyclic) bond motifs is 9. The fourth-order valence-electron chi connectivity index (χ4n) is 6.33. The molecule has 0 spiro atoms. The highest BCUT2D eigenvalue weighted by atomic mass is 32.1. The molecule has 9 aromatic rings. The van der Waals surface area contributed by atoms with Crippen LogP contribution in [0.1, 0.15) is 0 Å². The van der Waals surface area contributed by atoms with E-state index in [0.29, 0.717) is 0 Å². The average molecular weight is 516 g/mol. The molecule has 0 amide bonds. The third-order valence-corrected chi connectivity index (χ3v) is 9.18. The van der Waals surface area contributed by atoms with Crippen molar-refractivity contribution in [1.82, 2.24) is 14.1 Å². The Bertz CT molecular complexity index is 2350. The number of pyridine rings is 1. The molecule has 9 rings (SSSR count). The van der Waals surface area contributed by atoms with E-state index in [1.54, 1.807) is 0 Å². The molecule has 182 valence electrons. The maximum absolute atomic E-state index is 4.91. The van der Waals surface area contributed by atoms with Crippen molar-refractivity contribution >= 4 is 75.3 Å². The quantitative estimate of drug-likeness (QED) is 0.225. The lowest BCUT2D eigenvalue weighted by Gasteiger charge is -2.10. The van der Waals surface area contributed by atoms with Crippen molar-refractivity contribution < 1.29 is 0 Å². The van der Waals surface area contributed by atoms with E-state index < -0.39 is 0 Å². The highest BCUT2D eigenvalue weighted by Gasteiger charge is 2.19. The fourth-order valence-corrected chi connectivity index (χ4v) is 7.53. The molecule has 4 aromatic heterocycles. The van der Waals surface area contributed by atoms with E-state index in [1.807, 2.05) is 23.6 Å². The largest absolute Gasteiger partial charge is 0.309 e. The molecule has 0 aliphatic heterocycles. The fraction of sp³-hybridized carbons (Fsp3) is 0. The van der Waals surface area contributed by atoms with Gasteiger partial charge in [-0.1, -0.05) is 66.7 Å². The van der Waals surface area contributed by atoms with Gasteiger partial charge < -0.3 is 4.57 Å². The van der Waals surface area contributed by atoms with Gasteiger partial charge in [-0.3, -0.25) is 4.57 Å². The molecule has 0 aliphatic rings. The number of nitrogens with zero attached hydrogens (tertiary/aromatic N) is 3. The summed E-state index contributed by atoms with van der Waals surface area (Å²) in [4.78, 5) is 4.91. The summed E-state index contributed by atoms with van der Waals surface area (Å²) >= 11 is 1.85. The Morgan fingerprint density at radius 3 is 1.97 bits per heavy atom. The predicted octanol–water partition coefficient (Wildman–Crippen LogP) is 9.64. The summed E-state index contributed by atoms with van der Waals surface area (Å²) < 4.78 is 7.32. The molecule has 0 bridgehead atoms. The summed E-state index contributed by atoms with van der Waals surface area (Å²) in [5.74, 6) is 0. The number of aromatic nitrogens is 3. The third-order valence-electron chi connectivity index (χ3n) is 7.97. The van der Waals surface area contributed by atoms with Gasteiger partial charge in [0.25, 0.3) is 0 Å². The molecule has 0 unspecified atom stereocenters. The molecule has 3 nitrogen and oxygen atoms in total. The van der Waals surface area contributed by atoms with Crippen LogP contribution >= 0.6 is 11.3 Å². The Morgan fingerprint density at radius 1 is 0.487 bits per heavy atom. The van der Waals surface area contributed by atoms with Crippen LogP contribution in [-0.4, -0.2) is 14.1 Å². The number of rotatable bonds is 2. The van der Waals surface area contributed by atoms with Crippen LogP contribution in [0.2, 0.25) is 0 Å². The van der Waals surface area contributed by atoms with Gasteiger partial charge >= 0.3 is 0 Å². The average Bonchev–Trinajstić information content (AvgIpc) is 3.65. The zero-order valence-corrected chi connectivity index (χ0v) is 21.7. The molecule has 39 heavy (non-hydrogen) atoms. The second-order valence-corrected chi connectivity index (χ2v) is 11.1. The van der Waals surface area contributed by atoms with E-state index in [-0.39, 0.29) is 0 Å². The van der Waals surface area contributed by atoms with Gasteiger partial charge in [0.2, 0.25) is 0 Å². The number of benzene rings is 5. The van der Waals surface area contributed by atoms with Crippen molar-refractivity contribution in [3.8, 4) is 11.4 Å². The summed E-state index contributed by atoms with van der Waals surface area (Å²) in [6.07, 6.45) is 1.90. The molecule has 0 saturated carbocycles. The van der Waals surface area contributed by atoms with Crippen molar-refractivity contribution in [1.29, 1.82) is 0 Å². The SMILES string of the molecule is c1ccc2c(c1)sc1c(-n3c4ccc(-n5c6ccccc6c6ccccc65)cc4c4cccnc43)cccc12. The molecule has 0 saturated heterocycles. The molecule has 0 aliphatic carbocycles. The topological polar surface area (TPSA) is 22.8 Å². The lowest BCUT2D eigenvalue weighted by atomic mass is 10.1. The van der Waals surface area contributed by atoms with Gasteiger partial charge in [-0.2, -0.15) is 0 Å². The first-order valence-electron chi connectivity index (χ1n) is 13.2. The highest BCUT2D eigenvalue weighted by Crippen LogP contribution is 2.41. The van der Waals surface area contributed by atoms with E-state index in [1.165, 1.54) is 53.1 Å². The van der Waals surface area contributed by atoms with E-state index >= 15 is 0 Å². The van der Waals surface area contributed by atoms with Crippen LogP contribution in [0.25, 0.3) is 75.3 Å². The third kappa shape index (κ3) is 2.84. The van der Waals surface area contributed by atoms with Crippen LogP contribution in [0.15, 0.2) is 128 Å². The first-order chi connectivity index (χ1) is 19.4. The molecule has 0 radical (unpaired) electrons. The van der Waals surface area contributed by atoms with Crippen LogP contribution < -0.4 is 0 Å². The van der Waals surface area contributed by atoms with E-state index in [0.717, 1.165) is 22.2 Å². The first-order valence-corrected chi connectivity index (χ1v) is 14.0. The summed E-state index contributed by atoms with van der Waals surface area (Å²) in [5.41, 5.74) is 6.92. The number of thiophene rings is 1. The van der Waals surface area contributed by atoms with Crippen LogP contribution in [-0.2, 0) is 0 Å². The van der Waals surface area contributed by atoms with Crippen LogP contribution in [0.3, 0.4) is 0 Å². The van der Waals surface area contributed by atoms with Crippen LogP contribution in [0.5, 0.6) is 0 Å². The highest BCUT2D eigenvalue weighted by molar-refractivity contribution is 7.26. The molecular formula is C35H21N3S. The zero-order chi connectivity index (χ0) is 25.5. The minimum atomic E-state index is 0.983. The second kappa shape index (κ2) is 7.79. The van der Waals surface area contributed by atoms with Crippen molar-refractivity contribution in [3.05, 3.63) is 128 Å². The molecule has 4 heterocycles. The van der Waals surface area contributed by atoms with Gasteiger partial charge in [-0.25, -0.2) is 4.98 Å². The lowest BCUT2D eigenvalue weighted by molar-refractivity contribution is 1.15. The maximum Gasteiger partial charge on any atom is 0.145 e. The van der Waals surface area contributed by atoms with Crippen molar-refractivity contribution in [2.75, 3.05) is 0 Å². The van der Waals surface area contributed by atoms with Gasteiger partial charge in [0.05, 0.1) is 26.9 Å². The van der Waals surface area contributed by atoms with Crippen molar-refractivity contribution in [2.45, 2.75) is 0 Å². The van der Waals surface area contributed by atoms with Crippen LogP contribution in [0, 0.1) is 0 Å². The zero-order valence-electron chi connectivity index (χ0n) is 20.9. The predicted molar refractivity (Wildman–Crippen MR) is 166 cm³/mol. The minimum Gasteiger partial charge on any atom is -0.309 e. The Labute approximate surface area is 227 Å². The number of para-hydroxylation sites is 2. The van der Waals surface area contributed by atoms with Crippen molar-refractivity contribution in [3.63, 3.8) is 0 Å². The smallest absolute Gasteiger partial charge is 0.145 e. The molecule has 0 atom stereocenters. The monoisotopic (exact) mass is 515 g/mol. The molecule has 0 N–H and O–H groups in total. The van der Waals surface area contributed by atoms with Gasteiger partial charge in [0.15, 0.2) is 0 Å². The van der Waals surface area contributed by atoms with E-state index in [4.69, 9.17) is 4.98 Å². The summed E-state index contributed by atoms with van der Waals surface area (Å²) in [5, 5.41) is 7.51. The maximum atomic E-state index is 4.91. The van der Waals surface area contributed by atoms with Gasteiger partial charge in [-0.15, -0.1) is 11.3 Å². The normalized spacial score (nSPS) is 12.1. The van der Waals surface area contributed by atoms with Gasteiger partial charge in [-0.05, 0) is 54.6 Å². The molecule has 0 fully saturated rings. The number of hydrogen-bond donors (Lipinski definition) is 0. The number of hydrogen-bond acceptors (Lipinski definition) is 2. The summed E-state index contributed by atoms with van der Waals surface area (Å²) in [6.45, 7) is 0. The van der Waals surface area contributed by atoms with Crippen molar-refractivity contribution in [2.24, 2.45) is 0 Å². The Hall–Kier alpha value is -4.93. The Kier molecular flexibility index (Phi) is 4.21. The van der Waals surface area contributed by atoms with E-state index in [2.05, 4.69) is 124 Å². The summed E-state index contributed by atoms with van der Waals surface area (Å²) in [7, 11) is 0. The standard InChI is InChI=1S/C35H21N3S/c1-4-14-29-23(9-1)24-10-2-5-15-30(24)37(29)22-18-19-31-28(21-22)27-13-8-20-36-35(27)38(31)32-16-7-12-26-25-11-3-6-17-33(25)39-34(26)32/h1-21H. The summed E-state index contributed by atoms with van der Waals surface area (Å²) in [6, 6.07) is 43.8. The molecular weight excluding hydrogens is 494 g/mol. The Balaban J connectivity index is 1.38. The first kappa shape index (κ1) is 21.1.